The van der Waals surface area contributed by atoms with Gasteiger partial charge in [0.1, 0.15) is 0 Å². The molecule has 3 nitrogen and oxygen atoms in total. The standard InChI is InChI=1S/C16H21N3/c1-13-5-3-4-6-15(13)11-19(2)12-16-8-7-14(9-17)10-18-16/h3-8,10H,9,11-12,17H2,1-2H3. The summed E-state index contributed by atoms with van der Waals surface area (Å²) in [6.07, 6.45) is 1.86. The lowest BCUT2D eigenvalue weighted by Crippen LogP contribution is -2.18. The van der Waals surface area contributed by atoms with Crippen molar-refractivity contribution in [2.75, 3.05) is 7.05 Å². The van der Waals surface area contributed by atoms with Crippen LogP contribution in [-0.4, -0.2) is 16.9 Å². The van der Waals surface area contributed by atoms with Crippen molar-refractivity contribution in [3.63, 3.8) is 0 Å². The predicted octanol–water partition coefficient (Wildman–Crippen LogP) is 2.48. The molecule has 2 aromatic rings. The number of nitrogens with two attached hydrogens (primary N) is 1. The van der Waals surface area contributed by atoms with E-state index in [9.17, 15) is 0 Å². The summed E-state index contributed by atoms with van der Waals surface area (Å²) in [5.41, 5.74) is 10.4. The van der Waals surface area contributed by atoms with Gasteiger partial charge in [-0.05, 0) is 36.7 Å². The number of pyridine rings is 1. The van der Waals surface area contributed by atoms with Crippen LogP contribution in [0.4, 0.5) is 0 Å². The van der Waals surface area contributed by atoms with Crippen molar-refractivity contribution in [1.29, 1.82) is 0 Å². The van der Waals surface area contributed by atoms with E-state index >= 15 is 0 Å². The van der Waals surface area contributed by atoms with Crippen LogP contribution < -0.4 is 5.73 Å². The van der Waals surface area contributed by atoms with E-state index in [1.165, 1.54) is 11.1 Å². The Labute approximate surface area is 115 Å². The van der Waals surface area contributed by atoms with E-state index < -0.39 is 0 Å². The van der Waals surface area contributed by atoms with Gasteiger partial charge in [-0.1, -0.05) is 30.3 Å². The van der Waals surface area contributed by atoms with Crippen LogP contribution in [-0.2, 0) is 19.6 Å². The van der Waals surface area contributed by atoms with E-state index in [1.54, 1.807) is 0 Å². The SMILES string of the molecule is Cc1ccccc1CN(C)Cc1ccc(CN)cn1. The Bertz CT molecular complexity index is 520. The molecule has 2 N–H and O–H groups in total. The molecule has 1 aromatic carbocycles. The van der Waals surface area contributed by atoms with Crippen LogP contribution in [0.15, 0.2) is 42.6 Å². The molecule has 0 atom stereocenters. The predicted molar refractivity (Wildman–Crippen MR) is 78.5 cm³/mol. The van der Waals surface area contributed by atoms with Crippen molar-refractivity contribution in [1.82, 2.24) is 9.88 Å². The van der Waals surface area contributed by atoms with E-state index in [2.05, 4.69) is 54.2 Å². The maximum Gasteiger partial charge on any atom is 0.0544 e. The van der Waals surface area contributed by atoms with Crippen molar-refractivity contribution in [2.45, 2.75) is 26.6 Å². The van der Waals surface area contributed by atoms with Crippen LogP contribution in [0.1, 0.15) is 22.4 Å². The number of nitrogens with zero attached hydrogens (tertiary/aromatic N) is 2. The number of hydrogen-bond acceptors (Lipinski definition) is 3. The Morgan fingerprint density at radius 2 is 1.89 bits per heavy atom. The van der Waals surface area contributed by atoms with Crippen molar-refractivity contribution in [3.8, 4) is 0 Å². The van der Waals surface area contributed by atoms with Gasteiger partial charge in [-0.25, -0.2) is 0 Å². The molecule has 0 spiro atoms. The summed E-state index contributed by atoms with van der Waals surface area (Å²) in [5.74, 6) is 0. The third kappa shape index (κ3) is 3.88. The molecule has 0 aliphatic heterocycles. The zero-order valence-electron chi connectivity index (χ0n) is 11.6. The smallest absolute Gasteiger partial charge is 0.0544 e. The van der Waals surface area contributed by atoms with Crippen LogP contribution in [0.25, 0.3) is 0 Å². The molecule has 0 aliphatic carbocycles. The Hall–Kier alpha value is -1.71. The van der Waals surface area contributed by atoms with Gasteiger partial charge in [0.2, 0.25) is 0 Å². The van der Waals surface area contributed by atoms with Gasteiger partial charge in [0.25, 0.3) is 0 Å². The number of rotatable bonds is 5. The molecule has 0 unspecified atom stereocenters. The first kappa shape index (κ1) is 13.7. The Morgan fingerprint density at radius 1 is 1.11 bits per heavy atom. The molecule has 0 radical (unpaired) electrons. The van der Waals surface area contributed by atoms with Gasteiger partial charge in [0.05, 0.1) is 5.69 Å². The minimum absolute atomic E-state index is 0.548. The van der Waals surface area contributed by atoms with Crippen LogP contribution >= 0.6 is 0 Å². The highest BCUT2D eigenvalue weighted by Gasteiger charge is 2.04. The van der Waals surface area contributed by atoms with Gasteiger partial charge in [-0.3, -0.25) is 9.88 Å². The molecule has 1 aromatic heterocycles. The third-order valence-corrected chi connectivity index (χ3v) is 3.26. The summed E-state index contributed by atoms with van der Waals surface area (Å²) >= 11 is 0. The summed E-state index contributed by atoms with van der Waals surface area (Å²) in [7, 11) is 2.12. The number of hydrogen-bond donors (Lipinski definition) is 1. The summed E-state index contributed by atoms with van der Waals surface area (Å²) in [6.45, 7) is 4.48. The number of benzene rings is 1. The van der Waals surface area contributed by atoms with Crippen LogP contribution in [0.2, 0.25) is 0 Å². The Morgan fingerprint density at radius 3 is 2.53 bits per heavy atom. The fourth-order valence-electron chi connectivity index (χ4n) is 2.08. The molecular weight excluding hydrogens is 234 g/mol. The second-order valence-corrected chi connectivity index (χ2v) is 4.96. The van der Waals surface area contributed by atoms with E-state index in [0.29, 0.717) is 6.54 Å². The van der Waals surface area contributed by atoms with Crippen molar-refractivity contribution >= 4 is 0 Å². The van der Waals surface area contributed by atoms with Gasteiger partial charge in [0.15, 0.2) is 0 Å². The largest absolute Gasteiger partial charge is 0.326 e. The van der Waals surface area contributed by atoms with E-state index in [-0.39, 0.29) is 0 Å². The lowest BCUT2D eigenvalue weighted by molar-refractivity contribution is 0.314. The highest BCUT2D eigenvalue weighted by atomic mass is 15.1. The second-order valence-electron chi connectivity index (χ2n) is 4.96. The van der Waals surface area contributed by atoms with Crippen molar-refractivity contribution in [3.05, 3.63) is 65.0 Å². The van der Waals surface area contributed by atoms with E-state index in [4.69, 9.17) is 5.73 Å². The summed E-state index contributed by atoms with van der Waals surface area (Å²) < 4.78 is 0. The third-order valence-electron chi connectivity index (χ3n) is 3.26. The molecule has 0 aliphatic rings. The zero-order chi connectivity index (χ0) is 13.7. The van der Waals surface area contributed by atoms with Crippen LogP contribution in [0.5, 0.6) is 0 Å². The maximum absolute atomic E-state index is 5.57. The summed E-state index contributed by atoms with van der Waals surface area (Å²) in [4.78, 5) is 6.70. The minimum atomic E-state index is 0.548. The first-order chi connectivity index (χ1) is 9.19. The first-order valence-corrected chi connectivity index (χ1v) is 6.56. The van der Waals surface area contributed by atoms with Gasteiger partial charge in [0, 0.05) is 25.8 Å². The maximum atomic E-state index is 5.57. The molecule has 2 rings (SSSR count). The summed E-state index contributed by atoms with van der Waals surface area (Å²) in [6, 6.07) is 12.6. The van der Waals surface area contributed by atoms with Crippen LogP contribution in [0.3, 0.4) is 0 Å². The molecular formula is C16H21N3. The van der Waals surface area contributed by atoms with Gasteiger partial charge < -0.3 is 5.73 Å². The summed E-state index contributed by atoms with van der Waals surface area (Å²) in [5, 5.41) is 0. The molecule has 1 heterocycles. The van der Waals surface area contributed by atoms with Gasteiger partial charge in [-0.15, -0.1) is 0 Å². The first-order valence-electron chi connectivity index (χ1n) is 6.56. The zero-order valence-corrected chi connectivity index (χ0v) is 11.6. The second kappa shape index (κ2) is 6.45. The van der Waals surface area contributed by atoms with Crippen molar-refractivity contribution in [2.24, 2.45) is 5.73 Å². The molecule has 0 amide bonds. The topological polar surface area (TPSA) is 42.1 Å². The lowest BCUT2D eigenvalue weighted by atomic mass is 10.1. The van der Waals surface area contributed by atoms with Gasteiger partial charge in [-0.2, -0.15) is 0 Å². The van der Waals surface area contributed by atoms with E-state index in [0.717, 1.165) is 24.3 Å². The molecule has 0 saturated carbocycles. The van der Waals surface area contributed by atoms with Crippen molar-refractivity contribution < 1.29 is 0 Å². The molecule has 0 fully saturated rings. The molecule has 0 bridgehead atoms. The Balaban J connectivity index is 1.97. The number of aromatic nitrogens is 1. The fraction of sp³-hybridized carbons (Fsp3) is 0.312. The Kier molecular flexibility index (Phi) is 4.66. The fourth-order valence-corrected chi connectivity index (χ4v) is 2.08. The van der Waals surface area contributed by atoms with E-state index in [1.807, 2.05) is 12.3 Å². The van der Waals surface area contributed by atoms with Gasteiger partial charge >= 0.3 is 0 Å². The lowest BCUT2D eigenvalue weighted by Gasteiger charge is -2.17. The highest BCUT2D eigenvalue weighted by molar-refractivity contribution is 5.25. The number of aryl methyl sites for hydroxylation is 1. The quantitative estimate of drug-likeness (QED) is 0.892. The van der Waals surface area contributed by atoms with Crippen LogP contribution in [0, 0.1) is 6.92 Å². The molecule has 0 saturated heterocycles. The molecule has 19 heavy (non-hydrogen) atoms. The average Bonchev–Trinajstić information content (AvgIpc) is 2.42. The minimum Gasteiger partial charge on any atom is -0.326 e. The normalized spacial score (nSPS) is 10.9. The highest BCUT2D eigenvalue weighted by Crippen LogP contribution is 2.11. The monoisotopic (exact) mass is 255 g/mol. The molecule has 100 valence electrons. The average molecular weight is 255 g/mol. The molecule has 3 heteroatoms.